The van der Waals surface area contributed by atoms with Gasteiger partial charge in [-0.05, 0) is 35.4 Å². The molecule has 152 valence electrons. The molecule has 1 aliphatic heterocycles. The summed E-state index contributed by atoms with van der Waals surface area (Å²) in [7, 11) is 1.65. The van der Waals surface area contributed by atoms with Crippen molar-refractivity contribution in [3.8, 4) is 0 Å². The molecule has 1 aromatic carbocycles. The van der Waals surface area contributed by atoms with Crippen molar-refractivity contribution in [2.24, 2.45) is 5.92 Å². The van der Waals surface area contributed by atoms with E-state index in [0.29, 0.717) is 12.4 Å². The van der Waals surface area contributed by atoms with Crippen molar-refractivity contribution in [1.82, 2.24) is 20.1 Å². The lowest BCUT2D eigenvalue weighted by Gasteiger charge is -2.22. The Morgan fingerprint density at radius 1 is 1.23 bits per heavy atom. The normalized spacial score (nSPS) is 22.1. The highest BCUT2D eigenvalue weighted by Gasteiger charge is 2.52. The maximum Gasteiger partial charge on any atom is 0.275 e. The number of anilines is 1. The molecule has 3 aromatic rings. The number of pyridine rings is 1. The molecule has 2 aromatic heterocycles. The smallest absolute Gasteiger partial charge is 0.275 e. The van der Waals surface area contributed by atoms with E-state index in [2.05, 4.69) is 15.4 Å². The number of benzene rings is 1. The number of hydrogen-bond acceptors (Lipinski definition) is 4. The second-order valence-electron chi connectivity index (χ2n) is 7.78. The van der Waals surface area contributed by atoms with Crippen LogP contribution in [0.1, 0.15) is 34.0 Å². The number of carbonyl (C=O) groups is 2. The lowest BCUT2D eigenvalue weighted by Crippen LogP contribution is -2.48. The summed E-state index contributed by atoms with van der Waals surface area (Å²) >= 11 is 0. The van der Waals surface area contributed by atoms with Crippen molar-refractivity contribution in [1.29, 1.82) is 0 Å². The van der Waals surface area contributed by atoms with Gasteiger partial charge in [0.1, 0.15) is 11.9 Å². The molecule has 1 aliphatic carbocycles. The number of rotatable bonds is 4. The van der Waals surface area contributed by atoms with E-state index >= 15 is 0 Å². The fourth-order valence-electron chi connectivity index (χ4n) is 4.20. The first-order valence-electron chi connectivity index (χ1n) is 9.83. The minimum Gasteiger partial charge on any atom is -0.338 e. The molecule has 2 aliphatic rings. The average Bonchev–Trinajstić information content (AvgIpc) is 3.47. The topological polar surface area (TPSA) is 80.1 Å². The molecule has 0 radical (unpaired) electrons. The Labute approximate surface area is 172 Å². The Hall–Kier alpha value is -3.55. The molecule has 8 heteroatoms. The largest absolute Gasteiger partial charge is 0.338 e. The second kappa shape index (κ2) is 7.05. The minimum absolute atomic E-state index is 0.0242. The SMILES string of the molecule is CN1C(=O)C(NC(=O)c2nn(Cc3ccccc3)cc2F)[C@H]2C[C@H]2c2cccnc21. The van der Waals surface area contributed by atoms with Crippen LogP contribution < -0.4 is 10.2 Å². The standard InChI is InChI=1S/C22H20FN5O2/c1-27-20-14(8-5-9-24-20)15-10-16(15)18(22(27)30)25-21(29)19-17(23)12-28(26-19)11-13-6-3-2-4-7-13/h2-9,12,15-16,18H,10-11H2,1H3,(H,25,29)/t15-,16-,18?/m0/s1. The van der Waals surface area contributed by atoms with Gasteiger partial charge in [0.2, 0.25) is 0 Å². The molecule has 1 fully saturated rings. The lowest BCUT2D eigenvalue weighted by atomic mass is 10.1. The van der Waals surface area contributed by atoms with Crippen molar-refractivity contribution in [3.63, 3.8) is 0 Å². The molecule has 0 bridgehead atoms. The van der Waals surface area contributed by atoms with E-state index in [0.717, 1.165) is 17.5 Å². The highest BCUT2D eigenvalue weighted by molar-refractivity contribution is 6.02. The number of aromatic nitrogens is 3. The van der Waals surface area contributed by atoms with Crippen LogP contribution in [-0.4, -0.2) is 39.7 Å². The zero-order valence-electron chi connectivity index (χ0n) is 16.3. The van der Waals surface area contributed by atoms with E-state index in [-0.39, 0.29) is 23.4 Å². The third kappa shape index (κ3) is 3.14. The fraction of sp³-hybridized carbons (Fsp3) is 0.273. The van der Waals surface area contributed by atoms with Crippen LogP contribution in [0.25, 0.3) is 0 Å². The van der Waals surface area contributed by atoms with Crippen LogP contribution in [0, 0.1) is 11.7 Å². The number of fused-ring (bicyclic) bond motifs is 3. The van der Waals surface area contributed by atoms with Crippen LogP contribution in [0.4, 0.5) is 10.2 Å². The first kappa shape index (κ1) is 18.5. The summed E-state index contributed by atoms with van der Waals surface area (Å²) in [5.41, 5.74) is 1.64. The molecule has 3 heterocycles. The number of nitrogens with zero attached hydrogens (tertiary/aromatic N) is 4. The van der Waals surface area contributed by atoms with Gasteiger partial charge < -0.3 is 5.32 Å². The predicted molar refractivity (Wildman–Crippen MR) is 107 cm³/mol. The van der Waals surface area contributed by atoms with E-state index in [4.69, 9.17) is 0 Å². The summed E-state index contributed by atoms with van der Waals surface area (Å²) in [6, 6.07) is 12.5. The van der Waals surface area contributed by atoms with Crippen LogP contribution in [-0.2, 0) is 11.3 Å². The fourth-order valence-corrected chi connectivity index (χ4v) is 4.20. The van der Waals surface area contributed by atoms with E-state index in [1.165, 1.54) is 15.8 Å². The molecule has 0 saturated heterocycles. The molecule has 3 atom stereocenters. The Bertz CT molecular complexity index is 1130. The number of carbonyl (C=O) groups excluding carboxylic acids is 2. The summed E-state index contributed by atoms with van der Waals surface area (Å²) in [6.07, 6.45) is 3.63. The monoisotopic (exact) mass is 405 g/mol. The number of nitrogens with one attached hydrogen (secondary N) is 1. The van der Waals surface area contributed by atoms with Gasteiger partial charge in [-0.2, -0.15) is 5.10 Å². The molecular formula is C22H20FN5O2. The van der Waals surface area contributed by atoms with E-state index in [9.17, 15) is 14.0 Å². The van der Waals surface area contributed by atoms with E-state index in [1.807, 2.05) is 42.5 Å². The Morgan fingerprint density at radius 3 is 2.83 bits per heavy atom. The molecule has 0 spiro atoms. The molecule has 2 amide bonds. The van der Waals surface area contributed by atoms with Crippen LogP contribution in [0.2, 0.25) is 0 Å². The Morgan fingerprint density at radius 2 is 2.03 bits per heavy atom. The molecule has 1 unspecified atom stereocenters. The highest BCUT2D eigenvalue weighted by Crippen LogP contribution is 2.53. The third-order valence-electron chi connectivity index (χ3n) is 5.80. The first-order chi connectivity index (χ1) is 14.5. The van der Waals surface area contributed by atoms with Crippen LogP contribution in [0.15, 0.2) is 54.9 Å². The minimum atomic E-state index is -0.736. The van der Waals surface area contributed by atoms with Gasteiger partial charge in [0.15, 0.2) is 11.5 Å². The average molecular weight is 405 g/mol. The van der Waals surface area contributed by atoms with Gasteiger partial charge in [-0.25, -0.2) is 9.37 Å². The van der Waals surface area contributed by atoms with Crippen molar-refractivity contribution < 1.29 is 14.0 Å². The number of hydrogen-bond donors (Lipinski definition) is 1. The molecule has 1 N–H and O–H groups in total. The second-order valence-corrected chi connectivity index (χ2v) is 7.78. The van der Waals surface area contributed by atoms with Crippen molar-refractivity contribution in [2.75, 3.05) is 11.9 Å². The van der Waals surface area contributed by atoms with Crippen molar-refractivity contribution >= 4 is 17.6 Å². The molecule has 5 rings (SSSR count). The first-order valence-corrected chi connectivity index (χ1v) is 9.83. The number of halogens is 1. The summed E-state index contributed by atoms with van der Waals surface area (Å²) in [6.45, 7) is 0.349. The quantitative estimate of drug-likeness (QED) is 0.723. The van der Waals surface area contributed by atoms with E-state index < -0.39 is 17.8 Å². The maximum absolute atomic E-state index is 14.4. The third-order valence-corrected chi connectivity index (χ3v) is 5.80. The van der Waals surface area contributed by atoms with Crippen LogP contribution >= 0.6 is 0 Å². The van der Waals surface area contributed by atoms with Gasteiger partial charge in [-0.15, -0.1) is 0 Å². The highest BCUT2D eigenvalue weighted by atomic mass is 19.1. The zero-order valence-corrected chi connectivity index (χ0v) is 16.3. The maximum atomic E-state index is 14.4. The summed E-state index contributed by atoms with van der Waals surface area (Å²) < 4.78 is 15.8. The van der Waals surface area contributed by atoms with Gasteiger partial charge in [0, 0.05) is 13.2 Å². The Kier molecular flexibility index (Phi) is 4.34. The van der Waals surface area contributed by atoms with Gasteiger partial charge in [0.25, 0.3) is 11.8 Å². The van der Waals surface area contributed by atoms with E-state index in [1.54, 1.807) is 13.2 Å². The van der Waals surface area contributed by atoms with Gasteiger partial charge in [-0.3, -0.25) is 19.2 Å². The predicted octanol–water partition coefficient (Wildman–Crippen LogP) is 2.34. The van der Waals surface area contributed by atoms with Gasteiger partial charge in [-0.1, -0.05) is 36.4 Å². The summed E-state index contributed by atoms with van der Waals surface area (Å²) in [5.74, 6) is -0.898. The molecular weight excluding hydrogens is 385 g/mol. The number of likely N-dealkylation sites (N-methyl/N-ethyl adjacent to an activating group) is 1. The number of amides is 2. The van der Waals surface area contributed by atoms with Crippen molar-refractivity contribution in [3.05, 3.63) is 77.5 Å². The summed E-state index contributed by atoms with van der Waals surface area (Å²) in [4.78, 5) is 31.6. The summed E-state index contributed by atoms with van der Waals surface area (Å²) in [5, 5.41) is 6.83. The lowest BCUT2D eigenvalue weighted by molar-refractivity contribution is -0.120. The van der Waals surface area contributed by atoms with Crippen molar-refractivity contribution in [2.45, 2.75) is 24.9 Å². The zero-order chi connectivity index (χ0) is 20.8. The van der Waals surface area contributed by atoms with Gasteiger partial charge in [0.05, 0.1) is 12.7 Å². The van der Waals surface area contributed by atoms with Gasteiger partial charge >= 0.3 is 0 Å². The Balaban J connectivity index is 1.36. The molecule has 30 heavy (non-hydrogen) atoms. The molecule has 1 saturated carbocycles. The molecule has 7 nitrogen and oxygen atoms in total. The van der Waals surface area contributed by atoms with Crippen LogP contribution in [0.5, 0.6) is 0 Å². The van der Waals surface area contributed by atoms with Crippen LogP contribution in [0.3, 0.4) is 0 Å².